The number of aliphatic hydroxyl groups is 7. The second kappa shape index (κ2) is 13.3. The molecule has 0 aromatic carbocycles. The number of ether oxygens (including phenoxy) is 2. The molecule has 1 aromatic heterocycles. The summed E-state index contributed by atoms with van der Waals surface area (Å²) in [6, 6.07) is -0.593. The highest BCUT2D eigenvalue weighted by Crippen LogP contribution is 2.48. The molecule has 0 bridgehead atoms. The number of carbonyl (C=O) groups excluding carboxylic acids is 2. The van der Waals surface area contributed by atoms with E-state index in [1.807, 2.05) is 5.32 Å². The number of nitrogens with two attached hydrogens (primary N) is 1. The number of carboxylic acids is 1. The van der Waals surface area contributed by atoms with Crippen LogP contribution in [0.3, 0.4) is 0 Å². The molecular formula is C20H29N4O17P-2. The maximum Gasteiger partial charge on any atom is 0.351 e. The van der Waals surface area contributed by atoms with Gasteiger partial charge in [-0.25, -0.2) is 4.79 Å². The van der Waals surface area contributed by atoms with E-state index in [0.29, 0.717) is 0 Å². The molecule has 1 unspecified atom stereocenters. The SMILES string of the molecule is Nc1ccn([C@@H]2O[C@H](COP(=O)([O-])O[C@@]3(C(=O)[O-])C[C@H](O)[C@@H](NC(=O)CO)[C@H]([C@H](O)[C@H](O)CO)O3)[C@@H](O)[C@H]2O)c(=O)n1. The molecule has 0 aliphatic carbocycles. The van der Waals surface area contributed by atoms with Crippen LogP contribution in [0.4, 0.5) is 5.82 Å². The van der Waals surface area contributed by atoms with E-state index in [0.717, 1.165) is 10.8 Å². The van der Waals surface area contributed by atoms with Crippen LogP contribution in [-0.4, -0.2) is 132 Å². The van der Waals surface area contributed by atoms with Crippen molar-refractivity contribution < 1.29 is 78.4 Å². The summed E-state index contributed by atoms with van der Waals surface area (Å²) >= 11 is 0. The highest BCUT2D eigenvalue weighted by Gasteiger charge is 2.54. The number of nitrogen functional groups attached to an aromatic ring is 1. The standard InChI is InChI=1S/C20H31N4O17P/c21-10-1-2-24(19(35)22-10)17-15(32)14(31)9(39-17)6-38-42(36,37)41-20(18(33)34)3-7(27)12(23-11(29)5-26)16(40-20)13(30)8(28)4-25/h1-2,7-9,12-17,25-28,30-32H,3-6H2,(H,23,29)(H,33,34)(H,36,37)(H2,21,22,35)/p-2/t7-,8+,9+,12+,13+,14+,15+,16+,17+,20+/m0/s1. The lowest BCUT2D eigenvalue weighted by Crippen LogP contribution is -2.69. The summed E-state index contributed by atoms with van der Waals surface area (Å²) in [6.07, 6.45) is -15.7. The van der Waals surface area contributed by atoms with Gasteiger partial charge >= 0.3 is 5.69 Å². The average molecular weight is 628 g/mol. The number of phosphoric ester groups is 1. The van der Waals surface area contributed by atoms with Gasteiger partial charge < -0.3 is 75.6 Å². The summed E-state index contributed by atoms with van der Waals surface area (Å²) in [5.41, 5.74) is 4.42. The molecule has 0 radical (unpaired) electrons. The van der Waals surface area contributed by atoms with Gasteiger partial charge in [0.15, 0.2) is 6.23 Å². The van der Waals surface area contributed by atoms with Gasteiger partial charge in [0, 0.05) is 12.6 Å². The molecule has 238 valence electrons. The number of rotatable bonds is 12. The third-order valence-electron chi connectivity index (χ3n) is 6.39. The van der Waals surface area contributed by atoms with Crippen LogP contribution in [-0.2, 0) is 32.7 Å². The molecule has 0 spiro atoms. The molecule has 42 heavy (non-hydrogen) atoms. The zero-order valence-electron chi connectivity index (χ0n) is 21.3. The number of phosphoric acid groups is 1. The average Bonchev–Trinajstić information content (AvgIpc) is 3.20. The molecule has 10 N–H and O–H groups in total. The normalized spacial score (nSPS) is 34.3. The molecule has 2 fully saturated rings. The van der Waals surface area contributed by atoms with Gasteiger partial charge in [0.1, 0.15) is 55.0 Å². The molecule has 3 heterocycles. The van der Waals surface area contributed by atoms with E-state index in [-0.39, 0.29) is 5.82 Å². The third-order valence-corrected chi connectivity index (χ3v) is 7.38. The Morgan fingerprint density at radius 3 is 2.52 bits per heavy atom. The van der Waals surface area contributed by atoms with Gasteiger partial charge in [0.05, 0.1) is 25.4 Å². The molecular weight excluding hydrogens is 599 g/mol. The van der Waals surface area contributed by atoms with E-state index in [4.69, 9.17) is 25.4 Å². The van der Waals surface area contributed by atoms with Crippen LogP contribution in [0.15, 0.2) is 17.1 Å². The molecule has 11 atom stereocenters. The zero-order chi connectivity index (χ0) is 31.6. The minimum Gasteiger partial charge on any atom is -0.756 e. The number of carboxylic acid groups (broad SMARTS) is 1. The number of amides is 1. The third kappa shape index (κ3) is 7.29. The Bertz CT molecular complexity index is 1240. The fourth-order valence-corrected chi connectivity index (χ4v) is 5.23. The molecule has 2 aliphatic heterocycles. The van der Waals surface area contributed by atoms with Crippen LogP contribution in [0.2, 0.25) is 0 Å². The maximum atomic E-state index is 12.7. The molecule has 0 saturated carbocycles. The first kappa shape index (κ1) is 33.9. The van der Waals surface area contributed by atoms with Gasteiger partial charge in [-0.15, -0.1) is 0 Å². The van der Waals surface area contributed by atoms with Crippen LogP contribution in [0.25, 0.3) is 0 Å². The smallest absolute Gasteiger partial charge is 0.351 e. The van der Waals surface area contributed by atoms with Gasteiger partial charge in [0.25, 0.3) is 7.82 Å². The Balaban J connectivity index is 1.79. The zero-order valence-corrected chi connectivity index (χ0v) is 22.2. The van der Waals surface area contributed by atoms with Gasteiger partial charge in [-0.2, -0.15) is 4.98 Å². The minimum absolute atomic E-state index is 0.159. The number of nitrogens with zero attached hydrogens (tertiary/aromatic N) is 2. The Labute approximate surface area is 234 Å². The number of hydrogen-bond acceptors (Lipinski definition) is 19. The monoisotopic (exact) mass is 628 g/mol. The van der Waals surface area contributed by atoms with E-state index < -0.39 is 112 Å². The molecule has 1 aromatic rings. The van der Waals surface area contributed by atoms with Crippen LogP contribution < -0.4 is 26.7 Å². The lowest BCUT2D eigenvalue weighted by molar-refractivity contribution is -0.377. The lowest BCUT2D eigenvalue weighted by atomic mass is 9.88. The van der Waals surface area contributed by atoms with Gasteiger partial charge in [-0.1, -0.05) is 0 Å². The summed E-state index contributed by atoms with van der Waals surface area (Å²) < 4.78 is 33.0. The number of hydrogen-bond donors (Lipinski definition) is 9. The quantitative estimate of drug-likeness (QED) is 0.0970. The van der Waals surface area contributed by atoms with E-state index in [1.165, 1.54) is 6.07 Å². The summed E-state index contributed by atoms with van der Waals surface area (Å²) in [4.78, 5) is 51.9. The highest BCUT2D eigenvalue weighted by atomic mass is 31.2. The number of nitrogens with one attached hydrogen (secondary N) is 1. The van der Waals surface area contributed by atoms with Crippen molar-refractivity contribution in [2.45, 2.75) is 67.2 Å². The second-order valence-corrected chi connectivity index (χ2v) is 10.6. The van der Waals surface area contributed by atoms with Crippen molar-refractivity contribution in [3.63, 3.8) is 0 Å². The highest BCUT2D eigenvalue weighted by molar-refractivity contribution is 7.45. The first-order valence-corrected chi connectivity index (χ1v) is 13.5. The van der Waals surface area contributed by atoms with E-state index in [1.54, 1.807) is 0 Å². The lowest BCUT2D eigenvalue weighted by Gasteiger charge is -2.50. The van der Waals surface area contributed by atoms with Crippen LogP contribution in [0.5, 0.6) is 0 Å². The van der Waals surface area contributed by atoms with Crippen molar-refractivity contribution in [2.24, 2.45) is 0 Å². The summed E-state index contributed by atoms with van der Waals surface area (Å²) in [6.45, 7) is -3.38. The molecule has 21 nitrogen and oxygen atoms in total. The van der Waals surface area contributed by atoms with Crippen LogP contribution >= 0.6 is 7.82 Å². The fourth-order valence-electron chi connectivity index (χ4n) is 4.30. The summed E-state index contributed by atoms with van der Waals surface area (Å²) in [7, 11) is -5.85. The van der Waals surface area contributed by atoms with Crippen LogP contribution in [0, 0.1) is 0 Å². The van der Waals surface area contributed by atoms with Crippen molar-refractivity contribution in [1.29, 1.82) is 0 Å². The number of aromatic nitrogens is 2. The van der Waals surface area contributed by atoms with Crippen molar-refractivity contribution in [2.75, 3.05) is 25.6 Å². The second-order valence-electron chi connectivity index (χ2n) is 9.31. The molecule has 2 saturated heterocycles. The first-order chi connectivity index (χ1) is 19.6. The predicted molar refractivity (Wildman–Crippen MR) is 125 cm³/mol. The van der Waals surface area contributed by atoms with E-state index in [9.17, 15) is 54.5 Å². The van der Waals surface area contributed by atoms with Crippen LogP contribution in [0.1, 0.15) is 12.6 Å². The van der Waals surface area contributed by atoms with Crippen molar-refractivity contribution in [3.8, 4) is 0 Å². The summed E-state index contributed by atoms with van der Waals surface area (Å²) in [5, 5.41) is 83.5. The number of aliphatic hydroxyl groups excluding tert-OH is 7. The molecule has 2 aliphatic rings. The Kier molecular flexibility index (Phi) is 10.8. The van der Waals surface area contributed by atoms with Gasteiger partial charge in [-0.05, 0) is 6.07 Å². The van der Waals surface area contributed by atoms with Crippen molar-refractivity contribution >= 4 is 25.5 Å². The van der Waals surface area contributed by atoms with E-state index >= 15 is 0 Å². The minimum atomic E-state index is -5.85. The van der Waals surface area contributed by atoms with Gasteiger partial charge in [-0.3, -0.25) is 18.5 Å². The predicted octanol–water partition coefficient (Wildman–Crippen LogP) is -8.27. The van der Waals surface area contributed by atoms with Gasteiger partial charge in [0.2, 0.25) is 11.7 Å². The molecule has 3 rings (SSSR count). The fraction of sp³-hybridized carbons (Fsp3) is 0.700. The Morgan fingerprint density at radius 2 is 1.95 bits per heavy atom. The largest absolute Gasteiger partial charge is 0.756 e. The van der Waals surface area contributed by atoms with E-state index in [2.05, 4.69) is 14.0 Å². The molecule has 22 heteroatoms. The summed E-state index contributed by atoms with van der Waals surface area (Å²) in [5.74, 6) is -7.18. The Morgan fingerprint density at radius 1 is 1.29 bits per heavy atom. The number of aliphatic carboxylic acids is 1. The number of anilines is 1. The first-order valence-electron chi connectivity index (χ1n) is 12.0. The maximum absolute atomic E-state index is 12.7. The Hall–Kier alpha value is -2.63. The van der Waals surface area contributed by atoms with Crippen molar-refractivity contribution in [1.82, 2.24) is 14.9 Å². The number of carbonyl (C=O) groups is 2. The topological polar surface area (TPSA) is 349 Å². The van der Waals surface area contributed by atoms with Crippen molar-refractivity contribution in [3.05, 3.63) is 22.7 Å². The molecule has 1 amide bonds.